The van der Waals surface area contributed by atoms with Crippen LogP contribution in [-0.2, 0) is 4.79 Å². The highest BCUT2D eigenvalue weighted by Crippen LogP contribution is 2.26. The van der Waals surface area contributed by atoms with Gasteiger partial charge in [0, 0.05) is 38.2 Å². The molecule has 6 heteroatoms. The minimum Gasteiger partial charge on any atom is -0.439 e. The number of benzene rings is 1. The Morgan fingerprint density at radius 3 is 2.80 bits per heavy atom. The molecule has 1 aromatic carbocycles. The number of amides is 1. The van der Waals surface area contributed by atoms with E-state index in [0.29, 0.717) is 18.8 Å². The van der Waals surface area contributed by atoms with Gasteiger partial charge in [-0.1, -0.05) is 25.1 Å². The SMILES string of the molecule is CCC(=O)N1CCN(c2cc(Oc3ccccc3C)ncn2)C[C@@H]1C. The first-order chi connectivity index (χ1) is 12.1. The average molecular weight is 340 g/mol. The van der Waals surface area contributed by atoms with Gasteiger partial charge in [-0.15, -0.1) is 0 Å². The van der Waals surface area contributed by atoms with Crippen molar-refractivity contribution in [1.82, 2.24) is 14.9 Å². The second-order valence-electron chi connectivity index (χ2n) is 6.32. The summed E-state index contributed by atoms with van der Waals surface area (Å²) in [6.07, 6.45) is 2.07. The molecule has 0 radical (unpaired) electrons. The number of para-hydroxylation sites is 1. The Hall–Kier alpha value is -2.63. The van der Waals surface area contributed by atoms with E-state index in [1.807, 2.05) is 49.1 Å². The monoisotopic (exact) mass is 340 g/mol. The maximum atomic E-state index is 12.0. The molecule has 0 spiro atoms. The highest BCUT2D eigenvalue weighted by Gasteiger charge is 2.27. The van der Waals surface area contributed by atoms with Crippen molar-refractivity contribution in [2.24, 2.45) is 0 Å². The lowest BCUT2D eigenvalue weighted by atomic mass is 10.1. The lowest BCUT2D eigenvalue weighted by Crippen LogP contribution is -2.54. The first-order valence-electron chi connectivity index (χ1n) is 8.68. The zero-order valence-corrected chi connectivity index (χ0v) is 15.0. The van der Waals surface area contributed by atoms with Gasteiger partial charge >= 0.3 is 0 Å². The van der Waals surface area contributed by atoms with E-state index >= 15 is 0 Å². The maximum Gasteiger partial charge on any atom is 0.224 e. The molecule has 0 N–H and O–H groups in total. The van der Waals surface area contributed by atoms with Gasteiger partial charge in [0.15, 0.2) is 0 Å². The standard InChI is InChI=1S/C19H24N4O2/c1-4-19(24)23-10-9-22(12-15(23)3)17-11-18(21-13-20-17)25-16-8-6-5-7-14(16)2/h5-8,11,13,15H,4,9-10,12H2,1-3H3/t15-/m0/s1. The number of nitrogens with zero attached hydrogens (tertiary/aromatic N) is 4. The Kier molecular flexibility index (Phi) is 5.16. The van der Waals surface area contributed by atoms with Crippen molar-refractivity contribution in [2.75, 3.05) is 24.5 Å². The summed E-state index contributed by atoms with van der Waals surface area (Å²) in [5.41, 5.74) is 1.06. The van der Waals surface area contributed by atoms with Crippen LogP contribution >= 0.6 is 0 Å². The molecule has 2 aromatic rings. The fourth-order valence-corrected chi connectivity index (χ4v) is 3.08. The Morgan fingerprint density at radius 1 is 1.28 bits per heavy atom. The molecule has 0 unspecified atom stereocenters. The summed E-state index contributed by atoms with van der Waals surface area (Å²) < 4.78 is 5.90. The fraction of sp³-hybridized carbons (Fsp3) is 0.421. The summed E-state index contributed by atoms with van der Waals surface area (Å²) in [7, 11) is 0. The van der Waals surface area contributed by atoms with Gasteiger partial charge in [-0.2, -0.15) is 0 Å². The number of hydrogen-bond acceptors (Lipinski definition) is 5. The summed E-state index contributed by atoms with van der Waals surface area (Å²) in [6.45, 7) is 8.21. The maximum absolute atomic E-state index is 12.0. The van der Waals surface area contributed by atoms with Crippen LogP contribution in [0.15, 0.2) is 36.7 Å². The van der Waals surface area contributed by atoms with Crippen LogP contribution in [0.3, 0.4) is 0 Å². The van der Waals surface area contributed by atoms with Crippen molar-refractivity contribution in [1.29, 1.82) is 0 Å². The number of aromatic nitrogens is 2. The van der Waals surface area contributed by atoms with Crippen LogP contribution in [0.5, 0.6) is 11.6 Å². The second-order valence-corrected chi connectivity index (χ2v) is 6.32. The lowest BCUT2D eigenvalue weighted by Gasteiger charge is -2.40. The first-order valence-corrected chi connectivity index (χ1v) is 8.68. The zero-order valence-electron chi connectivity index (χ0n) is 15.0. The summed E-state index contributed by atoms with van der Waals surface area (Å²) >= 11 is 0. The summed E-state index contributed by atoms with van der Waals surface area (Å²) in [5.74, 6) is 2.35. The van der Waals surface area contributed by atoms with Crippen molar-refractivity contribution in [3.05, 3.63) is 42.2 Å². The number of anilines is 1. The average Bonchev–Trinajstić information content (AvgIpc) is 2.63. The van der Waals surface area contributed by atoms with E-state index in [2.05, 4.69) is 21.8 Å². The summed E-state index contributed by atoms with van der Waals surface area (Å²) in [6, 6.07) is 9.87. The molecule has 6 nitrogen and oxygen atoms in total. The normalized spacial score (nSPS) is 17.5. The van der Waals surface area contributed by atoms with E-state index in [0.717, 1.165) is 30.2 Å². The van der Waals surface area contributed by atoms with Gasteiger partial charge in [0.05, 0.1) is 0 Å². The molecule has 3 rings (SSSR count). The van der Waals surface area contributed by atoms with E-state index in [1.165, 1.54) is 6.33 Å². The number of carbonyl (C=O) groups is 1. The quantitative estimate of drug-likeness (QED) is 0.856. The van der Waals surface area contributed by atoms with Crippen molar-refractivity contribution in [2.45, 2.75) is 33.2 Å². The van der Waals surface area contributed by atoms with Crippen LogP contribution in [0.1, 0.15) is 25.8 Å². The molecule has 0 saturated carbocycles. The number of ether oxygens (including phenoxy) is 1. The van der Waals surface area contributed by atoms with Crippen molar-refractivity contribution in [3.8, 4) is 11.6 Å². The van der Waals surface area contributed by atoms with Gasteiger partial charge in [-0.05, 0) is 25.5 Å². The zero-order chi connectivity index (χ0) is 17.8. The van der Waals surface area contributed by atoms with E-state index in [1.54, 1.807) is 0 Å². The number of piperazine rings is 1. The third-order valence-corrected chi connectivity index (χ3v) is 4.51. The Balaban J connectivity index is 1.72. The number of rotatable bonds is 4. The molecule has 1 atom stereocenters. The van der Waals surface area contributed by atoms with Crippen molar-refractivity contribution < 1.29 is 9.53 Å². The minimum absolute atomic E-state index is 0.164. The smallest absolute Gasteiger partial charge is 0.224 e. The van der Waals surface area contributed by atoms with Gasteiger partial charge in [0.1, 0.15) is 17.9 Å². The van der Waals surface area contributed by atoms with Gasteiger partial charge in [0.2, 0.25) is 11.8 Å². The largest absolute Gasteiger partial charge is 0.439 e. The molecular weight excluding hydrogens is 316 g/mol. The van der Waals surface area contributed by atoms with Crippen LogP contribution in [0.2, 0.25) is 0 Å². The molecular formula is C19H24N4O2. The van der Waals surface area contributed by atoms with Gasteiger partial charge < -0.3 is 14.5 Å². The van der Waals surface area contributed by atoms with Gasteiger partial charge in [-0.25, -0.2) is 9.97 Å². The van der Waals surface area contributed by atoms with Crippen LogP contribution in [0.4, 0.5) is 5.82 Å². The molecule has 1 aliphatic rings. The Labute approximate surface area is 148 Å². The van der Waals surface area contributed by atoms with Gasteiger partial charge in [0.25, 0.3) is 0 Å². The molecule has 0 bridgehead atoms. The number of hydrogen-bond donors (Lipinski definition) is 0. The molecule has 1 aromatic heterocycles. The topological polar surface area (TPSA) is 58.6 Å². The van der Waals surface area contributed by atoms with Crippen LogP contribution < -0.4 is 9.64 Å². The number of aryl methyl sites for hydroxylation is 1. The molecule has 1 saturated heterocycles. The predicted molar refractivity (Wildman–Crippen MR) is 97.0 cm³/mol. The molecule has 1 fully saturated rings. The lowest BCUT2D eigenvalue weighted by molar-refractivity contribution is -0.133. The number of carbonyl (C=O) groups excluding carboxylic acids is 1. The van der Waals surface area contributed by atoms with Crippen LogP contribution in [0, 0.1) is 6.92 Å². The summed E-state index contributed by atoms with van der Waals surface area (Å²) in [5, 5.41) is 0. The van der Waals surface area contributed by atoms with Crippen LogP contribution in [0.25, 0.3) is 0 Å². The van der Waals surface area contributed by atoms with E-state index in [9.17, 15) is 4.79 Å². The highest BCUT2D eigenvalue weighted by atomic mass is 16.5. The Bertz CT molecular complexity index is 750. The Morgan fingerprint density at radius 2 is 2.08 bits per heavy atom. The van der Waals surface area contributed by atoms with E-state index in [4.69, 9.17) is 4.74 Å². The predicted octanol–water partition coefficient (Wildman–Crippen LogP) is 3.02. The molecule has 132 valence electrons. The molecule has 1 aliphatic heterocycles. The molecule has 1 amide bonds. The van der Waals surface area contributed by atoms with E-state index < -0.39 is 0 Å². The third-order valence-electron chi connectivity index (χ3n) is 4.51. The fourth-order valence-electron chi connectivity index (χ4n) is 3.08. The van der Waals surface area contributed by atoms with E-state index in [-0.39, 0.29) is 11.9 Å². The van der Waals surface area contributed by atoms with Crippen molar-refractivity contribution in [3.63, 3.8) is 0 Å². The first kappa shape index (κ1) is 17.2. The second kappa shape index (κ2) is 7.51. The van der Waals surface area contributed by atoms with Crippen molar-refractivity contribution >= 4 is 11.7 Å². The minimum atomic E-state index is 0.164. The van der Waals surface area contributed by atoms with Gasteiger partial charge in [-0.3, -0.25) is 4.79 Å². The molecule has 0 aliphatic carbocycles. The molecule has 25 heavy (non-hydrogen) atoms. The third kappa shape index (κ3) is 3.90. The summed E-state index contributed by atoms with van der Waals surface area (Å²) in [4.78, 5) is 24.7. The molecule has 2 heterocycles. The highest BCUT2D eigenvalue weighted by molar-refractivity contribution is 5.76. The van der Waals surface area contributed by atoms with Crippen LogP contribution in [-0.4, -0.2) is 46.5 Å².